The predicted octanol–water partition coefficient (Wildman–Crippen LogP) is 4.30. The zero-order valence-electron chi connectivity index (χ0n) is 12.9. The average molecular weight is 260 g/mol. The molecule has 0 amide bonds. The summed E-state index contributed by atoms with van der Waals surface area (Å²) >= 11 is 0. The van der Waals surface area contributed by atoms with Gasteiger partial charge >= 0.3 is 0 Å². The molecule has 1 aromatic heterocycles. The van der Waals surface area contributed by atoms with Crippen molar-refractivity contribution in [2.24, 2.45) is 11.8 Å². The average Bonchev–Trinajstić information content (AvgIpc) is 2.39. The second kappa shape index (κ2) is 6.40. The molecular weight excluding hydrogens is 232 g/mol. The molecule has 1 aliphatic carbocycles. The van der Waals surface area contributed by atoms with Crippen molar-refractivity contribution in [2.75, 3.05) is 11.9 Å². The van der Waals surface area contributed by atoms with Crippen molar-refractivity contribution >= 4 is 5.82 Å². The first kappa shape index (κ1) is 14.4. The van der Waals surface area contributed by atoms with Crippen LogP contribution < -0.4 is 4.90 Å². The summed E-state index contributed by atoms with van der Waals surface area (Å²) in [4.78, 5) is 7.06. The van der Waals surface area contributed by atoms with Crippen molar-refractivity contribution in [2.45, 2.75) is 58.9 Å². The summed E-state index contributed by atoms with van der Waals surface area (Å²) in [5.74, 6) is 2.62. The van der Waals surface area contributed by atoms with Crippen molar-refractivity contribution in [1.82, 2.24) is 4.98 Å². The van der Waals surface area contributed by atoms with Gasteiger partial charge in [-0.15, -0.1) is 0 Å². The highest BCUT2D eigenvalue weighted by molar-refractivity contribution is 5.40. The minimum absolute atomic E-state index is 0.664. The lowest BCUT2D eigenvalue weighted by Crippen LogP contribution is -2.39. The standard InChI is InChI=1S/C17H28N2/c1-13(2)11-15-9-10-17(18-12-15)19(4)16-8-6-5-7-14(16)3/h9-10,12-14,16H,5-8,11H2,1-4H3/t14-,16-/m1/s1. The van der Waals surface area contributed by atoms with E-state index in [1.807, 2.05) is 0 Å². The molecule has 2 rings (SSSR count). The summed E-state index contributed by atoms with van der Waals surface area (Å²) in [5.41, 5.74) is 1.35. The van der Waals surface area contributed by atoms with E-state index < -0.39 is 0 Å². The largest absolute Gasteiger partial charge is 0.356 e. The minimum Gasteiger partial charge on any atom is -0.356 e. The van der Waals surface area contributed by atoms with Crippen LogP contribution in [0.4, 0.5) is 5.82 Å². The Morgan fingerprint density at radius 3 is 2.58 bits per heavy atom. The molecule has 1 heterocycles. The molecule has 0 bridgehead atoms. The summed E-state index contributed by atoms with van der Waals surface area (Å²) in [6, 6.07) is 5.10. The maximum Gasteiger partial charge on any atom is 0.128 e. The highest BCUT2D eigenvalue weighted by Crippen LogP contribution is 2.29. The molecular formula is C17H28N2. The third kappa shape index (κ3) is 3.71. The molecule has 1 saturated carbocycles. The van der Waals surface area contributed by atoms with Gasteiger partial charge in [0, 0.05) is 19.3 Å². The van der Waals surface area contributed by atoms with E-state index in [0.29, 0.717) is 12.0 Å². The Hall–Kier alpha value is -1.05. The Labute approximate surface area is 118 Å². The van der Waals surface area contributed by atoms with Gasteiger partial charge < -0.3 is 4.90 Å². The molecule has 0 radical (unpaired) electrons. The normalized spacial score (nSPS) is 23.6. The number of hydrogen-bond acceptors (Lipinski definition) is 2. The minimum atomic E-state index is 0.664. The van der Waals surface area contributed by atoms with E-state index in [0.717, 1.165) is 18.2 Å². The highest BCUT2D eigenvalue weighted by atomic mass is 15.2. The zero-order chi connectivity index (χ0) is 13.8. The molecule has 1 aromatic rings. The molecule has 0 N–H and O–H groups in total. The van der Waals surface area contributed by atoms with Crippen LogP contribution in [0.1, 0.15) is 52.0 Å². The van der Waals surface area contributed by atoms with Crippen LogP contribution in [0.15, 0.2) is 18.3 Å². The molecule has 0 aliphatic heterocycles. The Bertz CT molecular complexity index is 383. The summed E-state index contributed by atoms with van der Waals surface area (Å²) in [5, 5.41) is 0. The smallest absolute Gasteiger partial charge is 0.128 e. The molecule has 0 spiro atoms. The van der Waals surface area contributed by atoms with E-state index in [-0.39, 0.29) is 0 Å². The molecule has 106 valence electrons. The third-order valence-electron chi connectivity index (χ3n) is 4.38. The van der Waals surface area contributed by atoms with E-state index in [9.17, 15) is 0 Å². The molecule has 1 aliphatic rings. The monoisotopic (exact) mass is 260 g/mol. The van der Waals surface area contributed by atoms with Gasteiger partial charge in [0.1, 0.15) is 5.82 Å². The summed E-state index contributed by atoms with van der Waals surface area (Å²) < 4.78 is 0. The lowest BCUT2D eigenvalue weighted by molar-refractivity contribution is 0.320. The van der Waals surface area contributed by atoms with Gasteiger partial charge in [-0.25, -0.2) is 4.98 Å². The number of anilines is 1. The van der Waals surface area contributed by atoms with Crippen molar-refractivity contribution in [1.29, 1.82) is 0 Å². The van der Waals surface area contributed by atoms with Crippen molar-refractivity contribution in [3.05, 3.63) is 23.9 Å². The first-order chi connectivity index (χ1) is 9.08. The SMILES string of the molecule is CC(C)Cc1ccc(N(C)[C@@H]2CCCC[C@H]2C)nc1. The lowest BCUT2D eigenvalue weighted by Gasteiger charge is -2.37. The number of rotatable bonds is 4. The fraction of sp³-hybridized carbons (Fsp3) is 0.706. The van der Waals surface area contributed by atoms with Crippen LogP contribution in [0.5, 0.6) is 0 Å². The van der Waals surface area contributed by atoms with Gasteiger partial charge in [0.05, 0.1) is 0 Å². The third-order valence-corrected chi connectivity index (χ3v) is 4.38. The van der Waals surface area contributed by atoms with Gasteiger partial charge in [0.2, 0.25) is 0 Å². The van der Waals surface area contributed by atoms with Crippen LogP contribution in [0.3, 0.4) is 0 Å². The second-order valence-corrected chi connectivity index (χ2v) is 6.56. The maximum atomic E-state index is 4.67. The van der Waals surface area contributed by atoms with E-state index in [2.05, 4.69) is 56.0 Å². The number of pyridine rings is 1. The number of hydrogen-bond donors (Lipinski definition) is 0. The Morgan fingerprint density at radius 1 is 1.26 bits per heavy atom. The van der Waals surface area contributed by atoms with Crippen LogP contribution in [0.25, 0.3) is 0 Å². The summed E-state index contributed by atoms with van der Waals surface area (Å²) in [6.07, 6.45) is 8.61. The molecule has 0 saturated heterocycles. The van der Waals surface area contributed by atoms with Gasteiger partial charge in [0.15, 0.2) is 0 Å². The van der Waals surface area contributed by atoms with Gasteiger partial charge in [-0.3, -0.25) is 0 Å². The first-order valence-corrected chi connectivity index (χ1v) is 7.75. The van der Waals surface area contributed by atoms with E-state index in [1.165, 1.54) is 31.2 Å². The Morgan fingerprint density at radius 2 is 2.00 bits per heavy atom. The molecule has 0 aromatic carbocycles. The maximum absolute atomic E-state index is 4.67. The van der Waals surface area contributed by atoms with Crippen LogP contribution in [-0.4, -0.2) is 18.1 Å². The highest BCUT2D eigenvalue weighted by Gasteiger charge is 2.25. The molecule has 2 nitrogen and oxygen atoms in total. The fourth-order valence-corrected chi connectivity index (χ4v) is 3.26. The van der Waals surface area contributed by atoms with Crippen molar-refractivity contribution in [3.63, 3.8) is 0 Å². The van der Waals surface area contributed by atoms with Crippen LogP contribution in [0.2, 0.25) is 0 Å². The first-order valence-electron chi connectivity index (χ1n) is 7.75. The Balaban J connectivity index is 2.04. The topological polar surface area (TPSA) is 16.1 Å². The lowest BCUT2D eigenvalue weighted by atomic mass is 9.85. The zero-order valence-corrected chi connectivity index (χ0v) is 12.9. The van der Waals surface area contributed by atoms with Crippen molar-refractivity contribution in [3.8, 4) is 0 Å². The molecule has 1 fully saturated rings. The van der Waals surface area contributed by atoms with Crippen molar-refractivity contribution < 1.29 is 0 Å². The molecule has 2 atom stereocenters. The molecule has 0 unspecified atom stereocenters. The van der Waals surface area contributed by atoms with E-state index in [4.69, 9.17) is 0 Å². The van der Waals surface area contributed by atoms with Gasteiger partial charge in [0.25, 0.3) is 0 Å². The summed E-state index contributed by atoms with van der Waals surface area (Å²) in [7, 11) is 2.21. The van der Waals surface area contributed by atoms with Gasteiger partial charge in [-0.05, 0) is 42.7 Å². The number of aromatic nitrogens is 1. The van der Waals surface area contributed by atoms with E-state index >= 15 is 0 Å². The van der Waals surface area contributed by atoms with Crippen LogP contribution >= 0.6 is 0 Å². The van der Waals surface area contributed by atoms with Gasteiger partial charge in [-0.2, -0.15) is 0 Å². The van der Waals surface area contributed by atoms with E-state index in [1.54, 1.807) is 0 Å². The fourth-order valence-electron chi connectivity index (χ4n) is 3.26. The Kier molecular flexibility index (Phi) is 4.84. The van der Waals surface area contributed by atoms with Crippen LogP contribution in [-0.2, 0) is 6.42 Å². The number of nitrogens with zero attached hydrogens (tertiary/aromatic N) is 2. The quantitative estimate of drug-likeness (QED) is 0.802. The molecule has 2 heteroatoms. The van der Waals surface area contributed by atoms with Crippen LogP contribution in [0, 0.1) is 11.8 Å². The van der Waals surface area contributed by atoms with Gasteiger partial charge in [-0.1, -0.05) is 39.7 Å². The molecule has 19 heavy (non-hydrogen) atoms. The summed E-state index contributed by atoms with van der Waals surface area (Å²) in [6.45, 7) is 6.89. The predicted molar refractivity (Wildman–Crippen MR) is 82.6 cm³/mol. The second-order valence-electron chi connectivity index (χ2n) is 6.56.